The number of hydrogen-bond donors (Lipinski definition) is 0. The Hall–Kier alpha value is -2.96. The van der Waals surface area contributed by atoms with Crippen LogP contribution in [-0.4, -0.2) is 29.3 Å². The van der Waals surface area contributed by atoms with Crippen LogP contribution in [0.4, 0.5) is 5.69 Å². The molecule has 0 aliphatic carbocycles. The first-order chi connectivity index (χ1) is 14.0. The van der Waals surface area contributed by atoms with Crippen LogP contribution < -0.4 is 4.90 Å². The highest BCUT2D eigenvalue weighted by Gasteiger charge is 2.37. The Bertz CT molecular complexity index is 1100. The highest BCUT2D eigenvalue weighted by molar-refractivity contribution is 9.10. The van der Waals surface area contributed by atoms with E-state index in [1.54, 1.807) is 66.7 Å². The smallest absolute Gasteiger partial charge is 0.263 e. The molecule has 0 saturated heterocycles. The quantitative estimate of drug-likeness (QED) is 0.505. The normalized spacial score (nSPS) is 12.8. The first kappa shape index (κ1) is 19.4. The van der Waals surface area contributed by atoms with E-state index >= 15 is 0 Å². The minimum Gasteiger partial charge on any atom is -0.288 e. The van der Waals surface area contributed by atoms with Crippen LogP contribution in [-0.2, 0) is 0 Å². The monoisotopic (exact) mass is 468 g/mol. The molecule has 0 saturated carbocycles. The van der Waals surface area contributed by atoms with Gasteiger partial charge in [0.1, 0.15) is 6.67 Å². The zero-order valence-corrected chi connectivity index (χ0v) is 17.4. The number of imide groups is 1. The van der Waals surface area contributed by atoms with Gasteiger partial charge in [-0.1, -0.05) is 35.9 Å². The van der Waals surface area contributed by atoms with E-state index in [0.717, 1.165) is 4.90 Å². The second-order valence-electron chi connectivity index (χ2n) is 6.42. The van der Waals surface area contributed by atoms with Gasteiger partial charge in [-0.3, -0.25) is 24.2 Å². The standard InChI is InChI=1S/C22H14BrClN2O3/c23-18-7-3-4-8-19(18)25(20(27)14-9-11-15(24)12-10-14)13-26-21(28)16-5-1-2-6-17(16)22(26)29/h1-12H,13H2. The van der Waals surface area contributed by atoms with Crippen molar-refractivity contribution in [3.8, 4) is 0 Å². The van der Waals surface area contributed by atoms with Crippen molar-refractivity contribution < 1.29 is 14.4 Å². The fraction of sp³-hybridized carbons (Fsp3) is 0.0455. The zero-order chi connectivity index (χ0) is 20.5. The van der Waals surface area contributed by atoms with Crippen molar-refractivity contribution in [2.24, 2.45) is 0 Å². The molecule has 1 aliphatic heterocycles. The third-order valence-corrected chi connectivity index (χ3v) is 5.56. The lowest BCUT2D eigenvalue weighted by molar-refractivity contribution is 0.0650. The van der Waals surface area contributed by atoms with Gasteiger partial charge in [0.2, 0.25) is 0 Å². The van der Waals surface area contributed by atoms with Gasteiger partial charge < -0.3 is 0 Å². The SMILES string of the molecule is O=C1c2ccccc2C(=O)N1CN(C(=O)c1ccc(Cl)cc1)c1ccccc1Br. The molecule has 0 bridgehead atoms. The van der Waals surface area contributed by atoms with Crippen molar-refractivity contribution in [1.82, 2.24) is 4.90 Å². The molecule has 0 atom stereocenters. The Morgan fingerprint density at radius 2 is 1.41 bits per heavy atom. The lowest BCUT2D eigenvalue weighted by Crippen LogP contribution is -2.44. The molecule has 0 unspecified atom stereocenters. The van der Waals surface area contributed by atoms with Crippen molar-refractivity contribution in [2.75, 3.05) is 11.6 Å². The van der Waals surface area contributed by atoms with Gasteiger partial charge in [0, 0.05) is 15.1 Å². The van der Waals surface area contributed by atoms with Crippen molar-refractivity contribution in [3.63, 3.8) is 0 Å². The lowest BCUT2D eigenvalue weighted by Gasteiger charge is -2.28. The largest absolute Gasteiger partial charge is 0.288 e. The molecule has 4 rings (SSSR count). The van der Waals surface area contributed by atoms with Gasteiger partial charge in [-0.2, -0.15) is 0 Å². The molecule has 3 aromatic carbocycles. The number of para-hydroxylation sites is 1. The van der Waals surface area contributed by atoms with Crippen LogP contribution in [0, 0.1) is 0 Å². The van der Waals surface area contributed by atoms with Crippen LogP contribution in [0.3, 0.4) is 0 Å². The average molecular weight is 470 g/mol. The van der Waals surface area contributed by atoms with Crippen LogP contribution in [0.25, 0.3) is 0 Å². The number of amides is 3. The van der Waals surface area contributed by atoms with Gasteiger partial charge in [0.15, 0.2) is 0 Å². The number of anilines is 1. The third kappa shape index (κ3) is 3.57. The van der Waals surface area contributed by atoms with Crippen molar-refractivity contribution >= 4 is 50.9 Å². The first-order valence-electron chi connectivity index (χ1n) is 8.74. The number of fused-ring (bicyclic) bond motifs is 1. The fourth-order valence-electron chi connectivity index (χ4n) is 3.18. The highest BCUT2D eigenvalue weighted by atomic mass is 79.9. The lowest BCUT2D eigenvalue weighted by atomic mass is 10.1. The first-order valence-corrected chi connectivity index (χ1v) is 9.91. The van der Waals surface area contributed by atoms with Crippen LogP contribution in [0.2, 0.25) is 5.02 Å². The van der Waals surface area contributed by atoms with Gasteiger partial charge in [-0.05, 0) is 64.5 Å². The van der Waals surface area contributed by atoms with Crippen LogP contribution in [0.5, 0.6) is 0 Å². The molecule has 1 heterocycles. The van der Waals surface area contributed by atoms with Crippen molar-refractivity contribution in [1.29, 1.82) is 0 Å². The summed E-state index contributed by atoms with van der Waals surface area (Å²) in [5.74, 6) is -1.21. The molecule has 5 nitrogen and oxygen atoms in total. The number of halogens is 2. The molecule has 7 heteroatoms. The van der Waals surface area contributed by atoms with E-state index in [2.05, 4.69) is 15.9 Å². The molecule has 3 aromatic rings. The number of nitrogens with zero attached hydrogens (tertiary/aromatic N) is 2. The third-order valence-electron chi connectivity index (χ3n) is 4.64. The minimum absolute atomic E-state index is 0.212. The van der Waals surface area contributed by atoms with Gasteiger partial charge >= 0.3 is 0 Å². The molecule has 3 amide bonds. The fourth-order valence-corrected chi connectivity index (χ4v) is 3.80. The summed E-state index contributed by atoms with van der Waals surface area (Å²) >= 11 is 9.39. The van der Waals surface area contributed by atoms with Crippen molar-refractivity contribution in [2.45, 2.75) is 0 Å². The van der Waals surface area contributed by atoms with E-state index in [0.29, 0.717) is 31.9 Å². The summed E-state index contributed by atoms with van der Waals surface area (Å²) in [7, 11) is 0. The number of benzene rings is 3. The maximum Gasteiger partial charge on any atom is 0.263 e. The molecule has 144 valence electrons. The van der Waals surface area contributed by atoms with E-state index in [1.165, 1.54) is 4.90 Å². The highest BCUT2D eigenvalue weighted by Crippen LogP contribution is 2.30. The Morgan fingerprint density at radius 3 is 2.00 bits per heavy atom. The molecule has 0 N–H and O–H groups in total. The number of hydrogen-bond acceptors (Lipinski definition) is 3. The summed E-state index contributed by atoms with van der Waals surface area (Å²) in [5.41, 5.74) is 1.61. The van der Waals surface area contributed by atoms with E-state index in [4.69, 9.17) is 11.6 Å². The van der Waals surface area contributed by atoms with E-state index in [9.17, 15) is 14.4 Å². The molecule has 1 aliphatic rings. The summed E-state index contributed by atoms with van der Waals surface area (Å²) < 4.78 is 0.666. The van der Waals surface area contributed by atoms with Gasteiger partial charge in [0.25, 0.3) is 17.7 Å². The predicted molar refractivity (Wildman–Crippen MR) is 114 cm³/mol. The summed E-state index contributed by atoms with van der Waals surface area (Å²) in [6.45, 7) is -0.212. The maximum atomic E-state index is 13.3. The van der Waals surface area contributed by atoms with Gasteiger partial charge in [-0.25, -0.2) is 0 Å². The summed E-state index contributed by atoms with van der Waals surface area (Å²) in [5, 5.41) is 0.509. The number of carbonyl (C=O) groups excluding carboxylic acids is 3. The average Bonchev–Trinajstić information content (AvgIpc) is 2.97. The number of carbonyl (C=O) groups is 3. The topological polar surface area (TPSA) is 57.7 Å². The van der Waals surface area contributed by atoms with Gasteiger partial charge in [-0.15, -0.1) is 0 Å². The van der Waals surface area contributed by atoms with E-state index < -0.39 is 11.8 Å². The van der Waals surface area contributed by atoms with Crippen molar-refractivity contribution in [3.05, 3.63) is 99.0 Å². The maximum absolute atomic E-state index is 13.3. The second-order valence-corrected chi connectivity index (χ2v) is 7.71. The summed E-state index contributed by atoms with van der Waals surface area (Å²) in [6.07, 6.45) is 0. The minimum atomic E-state index is -0.424. The molecule has 0 aromatic heterocycles. The second kappa shape index (κ2) is 7.81. The Kier molecular flexibility index (Phi) is 5.22. The molecular weight excluding hydrogens is 456 g/mol. The molecular formula is C22H14BrClN2O3. The van der Waals surface area contributed by atoms with Crippen LogP contribution >= 0.6 is 27.5 Å². The summed E-state index contributed by atoms with van der Waals surface area (Å²) in [6, 6.07) is 20.2. The van der Waals surface area contributed by atoms with Crippen LogP contribution in [0.1, 0.15) is 31.1 Å². The zero-order valence-electron chi connectivity index (χ0n) is 15.0. The Morgan fingerprint density at radius 1 is 0.862 bits per heavy atom. The molecule has 29 heavy (non-hydrogen) atoms. The Balaban J connectivity index is 1.73. The molecule has 0 spiro atoms. The van der Waals surface area contributed by atoms with E-state index in [1.807, 2.05) is 6.07 Å². The Labute approximate surface area is 180 Å². The van der Waals surface area contributed by atoms with Crippen LogP contribution in [0.15, 0.2) is 77.3 Å². The molecule has 0 radical (unpaired) electrons. The van der Waals surface area contributed by atoms with E-state index in [-0.39, 0.29) is 12.6 Å². The van der Waals surface area contributed by atoms with Gasteiger partial charge in [0.05, 0.1) is 16.8 Å². The number of rotatable bonds is 4. The summed E-state index contributed by atoms with van der Waals surface area (Å²) in [4.78, 5) is 41.4. The predicted octanol–water partition coefficient (Wildman–Crippen LogP) is 5.00. The molecule has 0 fully saturated rings.